The highest BCUT2D eigenvalue weighted by Gasteiger charge is 2.41. The molecule has 13 nitrogen and oxygen atoms in total. The lowest BCUT2D eigenvalue weighted by atomic mass is 9.72. The van der Waals surface area contributed by atoms with Crippen LogP contribution in [0.2, 0.25) is 0 Å². The molecule has 2 aliphatic rings. The number of nitrogens with zero attached hydrogens (tertiary/aromatic N) is 2. The van der Waals surface area contributed by atoms with Gasteiger partial charge in [-0.3, -0.25) is 14.5 Å². The number of aliphatic hydroxyl groups is 1. The highest BCUT2D eigenvalue weighted by atomic mass is 16.5. The largest absolute Gasteiger partial charge is 0.497 e. The molecule has 1 aliphatic carbocycles. The highest BCUT2D eigenvalue weighted by Crippen LogP contribution is 2.43. The fraction of sp³-hybridized carbons (Fsp3) is 0.444. The highest BCUT2D eigenvalue weighted by molar-refractivity contribution is 5.94. The van der Waals surface area contributed by atoms with Crippen molar-refractivity contribution >= 4 is 40.4 Å². The summed E-state index contributed by atoms with van der Waals surface area (Å²) in [4.78, 5) is 51.1. The second kappa shape index (κ2) is 16.0. The summed E-state index contributed by atoms with van der Waals surface area (Å²) in [7, 11) is 6.08. The van der Waals surface area contributed by atoms with Gasteiger partial charge < -0.3 is 40.4 Å². The number of hydrogen-bond acceptors (Lipinski definition) is 7. The van der Waals surface area contributed by atoms with Crippen molar-refractivity contribution in [2.45, 2.75) is 56.1 Å². The first-order chi connectivity index (χ1) is 23.3. The molecule has 0 radical (unpaired) electrons. The van der Waals surface area contributed by atoms with Gasteiger partial charge in [0.1, 0.15) is 5.75 Å². The van der Waals surface area contributed by atoms with Crippen LogP contribution in [-0.2, 0) is 19.9 Å². The number of carboxylic acids is 3. The minimum absolute atomic E-state index is 0.0541. The average Bonchev–Trinajstić information content (AvgIpc) is 3.50. The average molecular weight is 679 g/mol. The predicted molar refractivity (Wildman–Crippen MR) is 183 cm³/mol. The molecular formula is C36H46N4O9. The molecule has 2 amide bonds. The van der Waals surface area contributed by atoms with Crippen molar-refractivity contribution in [1.29, 1.82) is 0 Å². The number of ether oxygens (including phenoxy) is 1. The summed E-state index contributed by atoms with van der Waals surface area (Å²) in [6.07, 6.45) is 7.32. The number of hydrogen-bond donors (Lipinski definition) is 6. The van der Waals surface area contributed by atoms with Gasteiger partial charge in [0.15, 0.2) is 5.60 Å². The molecule has 5 rings (SSSR count). The first-order valence-corrected chi connectivity index (χ1v) is 16.3. The quantitative estimate of drug-likeness (QED) is 0.170. The van der Waals surface area contributed by atoms with Crippen LogP contribution in [0.1, 0.15) is 56.1 Å². The summed E-state index contributed by atoms with van der Waals surface area (Å²) in [5, 5.41) is 38.2. The molecule has 6 N–H and O–H groups in total. The summed E-state index contributed by atoms with van der Waals surface area (Å²) in [6.45, 7) is 2.13. The Morgan fingerprint density at radius 2 is 1.67 bits per heavy atom. The number of nitrogens with one attached hydrogen (secondary N) is 2. The van der Waals surface area contributed by atoms with Gasteiger partial charge in [0.25, 0.3) is 0 Å². The second-order valence-electron chi connectivity index (χ2n) is 12.9. The third-order valence-electron chi connectivity index (χ3n) is 9.66. The van der Waals surface area contributed by atoms with Crippen LogP contribution in [0.25, 0.3) is 16.5 Å². The van der Waals surface area contributed by atoms with E-state index in [4.69, 9.17) is 25.2 Å². The van der Waals surface area contributed by atoms with Crippen molar-refractivity contribution in [2.75, 3.05) is 40.8 Å². The molecule has 2 aromatic carbocycles. The number of aliphatic carboxylic acids is 3. The molecule has 49 heavy (non-hydrogen) atoms. The molecule has 264 valence electrons. The van der Waals surface area contributed by atoms with Gasteiger partial charge in [-0.15, -0.1) is 0 Å². The molecule has 0 unspecified atom stereocenters. The van der Waals surface area contributed by atoms with Crippen LogP contribution >= 0.6 is 0 Å². The van der Waals surface area contributed by atoms with E-state index in [1.54, 1.807) is 7.11 Å². The Bertz CT molecular complexity index is 1640. The Kier molecular flexibility index (Phi) is 12.1. The zero-order chi connectivity index (χ0) is 35.8. The number of aromatic amines is 1. The number of carboxylic acid groups (broad SMARTS) is 3. The maximum atomic E-state index is 12.9. The van der Waals surface area contributed by atoms with Gasteiger partial charge in [0.2, 0.25) is 0 Å². The van der Waals surface area contributed by atoms with E-state index in [9.17, 15) is 19.2 Å². The van der Waals surface area contributed by atoms with Gasteiger partial charge in [-0.1, -0.05) is 36.4 Å². The molecule has 1 aliphatic heterocycles. The zero-order valence-electron chi connectivity index (χ0n) is 28.1. The van der Waals surface area contributed by atoms with E-state index in [-0.39, 0.29) is 11.6 Å². The van der Waals surface area contributed by atoms with E-state index in [0.717, 1.165) is 56.5 Å². The van der Waals surface area contributed by atoms with Crippen molar-refractivity contribution in [3.05, 3.63) is 71.9 Å². The van der Waals surface area contributed by atoms with Gasteiger partial charge in [0.05, 0.1) is 20.0 Å². The fourth-order valence-corrected chi connectivity index (χ4v) is 6.75. The number of carbonyl (C=O) groups excluding carboxylic acids is 1. The van der Waals surface area contributed by atoms with E-state index >= 15 is 0 Å². The summed E-state index contributed by atoms with van der Waals surface area (Å²) < 4.78 is 5.41. The first kappa shape index (κ1) is 36.9. The number of carbonyl (C=O) groups is 4. The number of benzene rings is 2. The van der Waals surface area contributed by atoms with Gasteiger partial charge in [-0.2, -0.15) is 0 Å². The van der Waals surface area contributed by atoms with Crippen LogP contribution in [-0.4, -0.2) is 106 Å². The Hall–Kier alpha value is -4.88. The van der Waals surface area contributed by atoms with Crippen molar-refractivity contribution in [3.63, 3.8) is 0 Å². The molecule has 0 bridgehead atoms. The predicted octanol–water partition coefficient (Wildman–Crippen LogP) is 4.37. The summed E-state index contributed by atoms with van der Waals surface area (Å²) in [5.74, 6) is -3.63. The molecule has 13 heteroatoms. The first-order valence-electron chi connectivity index (χ1n) is 16.3. The normalized spacial score (nSPS) is 19.4. The third-order valence-corrected chi connectivity index (χ3v) is 9.66. The Morgan fingerprint density at radius 1 is 1.02 bits per heavy atom. The van der Waals surface area contributed by atoms with Crippen LogP contribution in [0.4, 0.5) is 4.79 Å². The number of H-pyrrole nitrogens is 1. The summed E-state index contributed by atoms with van der Waals surface area (Å²) >= 11 is 0. The van der Waals surface area contributed by atoms with E-state index < -0.39 is 36.4 Å². The van der Waals surface area contributed by atoms with Gasteiger partial charge in [-0.05, 0) is 81.5 Å². The van der Waals surface area contributed by atoms with Crippen molar-refractivity contribution in [3.8, 4) is 5.75 Å². The van der Waals surface area contributed by atoms with Crippen molar-refractivity contribution in [1.82, 2.24) is 20.1 Å². The molecule has 3 aromatic rings. The van der Waals surface area contributed by atoms with Crippen LogP contribution in [0.5, 0.6) is 5.75 Å². The zero-order valence-corrected chi connectivity index (χ0v) is 28.1. The molecule has 0 spiro atoms. The Balaban J connectivity index is 0.000000355. The summed E-state index contributed by atoms with van der Waals surface area (Å²) in [6, 6.07) is 17.0. The Labute approximate surface area is 285 Å². The number of urea groups is 1. The minimum Gasteiger partial charge on any atom is -0.497 e. The number of methoxy groups -OCH3 is 1. The van der Waals surface area contributed by atoms with Gasteiger partial charge >= 0.3 is 23.9 Å². The van der Waals surface area contributed by atoms with E-state index in [0.29, 0.717) is 12.5 Å². The third kappa shape index (κ3) is 8.98. The monoisotopic (exact) mass is 678 g/mol. The lowest BCUT2D eigenvalue weighted by molar-refractivity contribution is -0.170. The molecule has 0 atom stereocenters. The molecule has 1 fully saturated rings. The molecule has 2 heterocycles. The van der Waals surface area contributed by atoms with Crippen molar-refractivity contribution in [2.24, 2.45) is 5.92 Å². The van der Waals surface area contributed by atoms with E-state index in [1.807, 2.05) is 11.0 Å². The minimum atomic E-state index is -2.74. The van der Waals surface area contributed by atoms with E-state index in [2.05, 4.69) is 84.0 Å². The second-order valence-corrected chi connectivity index (χ2v) is 12.9. The van der Waals surface area contributed by atoms with E-state index in [1.165, 1.54) is 22.1 Å². The number of aromatic nitrogens is 1. The maximum absolute atomic E-state index is 12.9. The molecule has 0 saturated heterocycles. The molecular weight excluding hydrogens is 632 g/mol. The van der Waals surface area contributed by atoms with Crippen LogP contribution < -0.4 is 10.1 Å². The topological polar surface area (TPSA) is 193 Å². The van der Waals surface area contributed by atoms with Crippen LogP contribution in [0.3, 0.4) is 0 Å². The number of rotatable bonds is 11. The fourth-order valence-electron chi connectivity index (χ4n) is 6.75. The Morgan fingerprint density at radius 3 is 2.20 bits per heavy atom. The lowest BCUT2D eigenvalue weighted by Crippen LogP contribution is -2.47. The summed E-state index contributed by atoms with van der Waals surface area (Å²) in [5.41, 5.74) is 2.35. The van der Waals surface area contributed by atoms with Crippen LogP contribution in [0, 0.1) is 5.92 Å². The molecule has 1 aromatic heterocycles. The SMILES string of the molecule is COc1ccc2[nH]cc(C3=CCN(C(=O)NCC4CCC(c5ccccc5)(N(C)C)CC4)CC3)c2c1.O=C(O)CC(O)(CC(=O)O)C(=O)O. The smallest absolute Gasteiger partial charge is 0.336 e. The standard InChI is InChI=1S/C30H38N4O2.C6H8O7/c1-33(2)30(24-7-5-4-6-8-24)15-11-22(12-16-30)20-32-29(35)34-17-13-23(14-18-34)27-21-31-28-10-9-25(36-3)19-26(27)28;7-3(8)1-6(13,5(11)12)2-4(9)10/h4-10,13,19,21-22,31H,11-12,14-18,20H2,1-3H3,(H,32,35);13H,1-2H2,(H,7,8)(H,9,10)(H,11,12). The van der Waals surface area contributed by atoms with Crippen LogP contribution in [0.15, 0.2) is 60.8 Å². The number of amides is 2. The number of fused-ring (bicyclic) bond motifs is 1. The maximum Gasteiger partial charge on any atom is 0.336 e. The van der Waals surface area contributed by atoms with Crippen molar-refractivity contribution < 1.29 is 44.3 Å². The van der Waals surface area contributed by atoms with Gasteiger partial charge in [0, 0.05) is 47.8 Å². The van der Waals surface area contributed by atoms with Gasteiger partial charge in [-0.25, -0.2) is 9.59 Å². The molecule has 1 saturated carbocycles. The lowest BCUT2D eigenvalue weighted by Gasteiger charge is -2.45.